The van der Waals surface area contributed by atoms with Gasteiger partial charge in [0.15, 0.2) is 0 Å². The lowest BCUT2D eigenvalue weighted by molar-refractivity contribution is -0.168. The van der Waals surface area contributed by atoms with Crippen LogP contribution in [-0.4, -0.2) is 36.6 Å². The molecule has 0 N–H and O–H groups in total. The van der Waals surface area contributed by atoms with Gasteiger partial charge >= 0.3 is 5.97 Å². The van der Waals surface area contributed by atoms with Crippen molar-refractivity contribution in [3.63, 3.8) is 0 Å². The van der Waals surface area contributed by atoms with Crippen LogP contribution in [0.5, 0.6) is 0 Å². The lowest BCUT2D eigenvalue weighted by Crippen LogP contribution is -2.49. The summed E-state index contributed by atoms with van der Waals surface area (Å²) in [7, 11) is 2.08. The van der Waals surface area contributed by atoms with Crippen molar-refractivity contribution in [2.24, 2.45) is 5.92 Å². The molecule has 0 aromatic heterocycles. The maximum atomic E-state index is 11.5. The number of hydrogen-bond acceptors (Lipinski definition) is 3. The summed E-state index contributed by atoms with van der Waals surface area (Å²) in [4.78, 5) is 13.7. The van der Waals surface area contributed by atoms with Gasteiger partial charge in [-0.1, -0.05) is 12.8 Å². The highest BCUT2D eigenvalue weighted by atomic mass is 16.6. The van der Waals surface area contributed by atoms with Crippen molar-refractivity contribution < 1.29 is 9.53 Å². The molecular formula is C13H21NO2. The van der Waals surface area contributed by atoms with Gasteiger partial charge in [-0.15, -0.1) is 6.42 Å². The normalized spacial score (nSPS) is 22.1. The maximum Gasteiger partial charge on any atom is 0.306 e. The van der Waals surface area contributed by atoms with Gasteiger partial charge in [0.2, 0.25) is 0 Å². The van der Waals surface area contributed by atoms with Crippen molar-refractivity contribution in [3.8, 4) is 12.3 Å². The molecule has 1 fully saturated rings. The first-order chi connectivity index (χ1) is 7.54. The molecule has 90 valence electrons. The van der Waals surface area contributed by atoms with Crippen LogP contribution in [0.2, 0.25) is 0 Å². The Kier molecular flexibility index (Phi) is 4.37. The van der Waals surface area contributed by atoms with Gasteiger partial charge in [-0.05, 0) is 14.0 Å². The van der Waals surface area contributed by atoms with E-state index >= 15 is 0 Å². The van der Waals surface area contributed by atoms with Crippen molar-refractivity contribution in [2.75, 3.05) is 20.1 Å². The average Bonchev–Trinajstić information content (AvgIpc) is 2.31. The van der Waals surface area contributed by atoms with Crippen LogP contribution in [0.25, 0.3) is 0 Å². The number of carbonyl (C=O) groups is 1. The lowest BCUT2D eigenvalue weighted by Gasteiger charge is -2.42. The van der Waals surface area contributed by atoms with Gasteiger partial charge in [0.05, 0.1) is 5.92 Å². The second-order valence-corrected chi connectivity index (χ2v) is 4.58. The Morgan fingerprint density at radius 1 is 1.56 bits per heavy atom. The molecule has 16 heavy (non-hydrogen) atoms. The highest BCUT2D eigenvalue weighted by molar-refractivity contribution is 5.69. The molecule has 1 aliphatic rings. The topological polar surface area (TPSA) is 29.5 Å². The first kappa shape index (κ1) is 13.1. The summed E-state index contributed by atoms with van der Waals surface area (Å²) in [5.41, 5.74) is -0.436. The van der Waals surface area contributed by atoms with Crippen LogP contribution in [0.4, 0.5) is 0 Å². The molecular weight excluding hydrogens is 202 g/mol. The molecule has 0 amide bonds. The molecule has 0 aliphatic carbocycles. The van der Waals surface area contributed by atoms with E-state index in [1.54, 1.807) is 0 Å². The number of ether oxygens (including phenoxy) is 1. The zero-order chi connectivity index (χ0) is 12.2. The minimum absolute atomic E-state index is 0.0169. The molecule has 0 radical (unpaired) electrons. The first-order valence-corrected chi connectivity index (χ1v) is 5.90. The van der Waals surface area contributed by atoms with Crippen LogP contribution < -0.4 is 0 Å². The summed E-state index contributed by atoms with van der Waals surface area (Å²) in [5.74, 6) is 2.56. The van der Waals surface area contributed by atoms with Crippen LogP contribution in [0.3, 0.4) is 0 Å². The Morgan fingerprint density at radius 2 is 2.12 bits per heavy atom. The molecule has 1 atom stereocenters. The van der Waals surface area contributed by atoms with E-state index in [4.69, 9.17) is 11.2 Å². The summed E-state index contributed by atoms with van der Waals surface area (Å²) in [6, 6.07) is 0. The fourth-order valence-electron chi connectivity index (χ4n) is 2.07. The molecule has 1 rings (SSSR count). The van der Waals surface area contributed by atoms with E-state index in [0.29, 0.717) is 6.42 Å². The van der Waals surface area contributed by atoms with E-state index < -0.39 is 5.60 Å². The Labute approximate surface area is 98.1 Å². The number of carbonyl (C=O) groups excluding carboxylic acids is 1. The third-order valence-electron chi connectivity index (χ3n) is 3.48. The Hall–Kier alpha value is -1.01. The van der Waals surface area contributed by atoms with Crippen LogP contribution in [0.1, 0.15) is 33.1 Å². The van der Waals surface area contributed by atoms with Crippen molar-refractivity contribution >= 4 is 5.97 Å². The third kappa shape index (κ3) is 2.76. The standard InChI is InChI=1S/C13H21NO2/c1-5-11(3)13(16-12(15)6-2)7-9-14(4)10-8-13/h1,11H,6-10H2,2-4H3. The largest absolute Gasteiger partial charge is 0.458 e. The Bertz CT molecular complexity index is 285. The number of piperidine rings is 1. The van der Waals surface area contributed by atoms with Crippen molar-refractivity contribution in [2.45, 2.75) is 38.7 Å². The summed E-state index contributed by atoms with van der Waals surface area (Å²) < 4.78 is 5.62. The summed E-state index contributed by atoms with van der Waals surface area (Å²) >= 11 is 0. The minimum Gasteiger partial charge on any atom is -0.458 e. The lowest BCUT2D eigenvalue weighted by atomic mass is 9.80. The van der Waals surface area contributed by atoms with Crippen molar-refractivity contribution in [1.29, 1.82) is 0 Å². The monoisotopic (exact) mass is 223 g/mol. The minimum atomic E-state index is -0.436. The van der Waals surface area contributed by atoms with Crippen LogP contribution in [0, 0.1) is 18.3 Å². The van der Waals surface area contributed by atoms with Crippen molar-refractivity contribution in [1.82, 2.24) is 4.90 Å². The van der Waals surface area contributed by atoms with Gasteiger partial charge in [-0.2, -0.15) is 0 Å². The van der Waals surface area contributed by atoms with E-state index in [1.807, 2.05) is 13.8 Å². The molecule has 0 saturated carbocycles. The number of rotatable bonds is 3. The van der Waals surface area contributed by atoms with E-state index in [0.717, 1.165) is 25.9 Å². The average molecular weight is 223 g/mol. The van der Waals surface area contributed by atoms with Gasteiger partial charge in [0, 0.05) is 32.4 Å². The number of nitrogens with zero attached hydrogens (tertiary/aromatic N) is 1. The first-order valence-electron chi connectivity index (χ1n) is 5.90. The van der Waals surface area contributed by atoms with Gasteiger partial charge in [-0.25, -0.2) is 0 Å². The highest BCUT2D eigenvalue weighted by Gasteiger charge is 2.41. The van der Waals surface area contributed by atoms with E-state index in [-0.39, 0.29) is 11.9 Å². The zero-order valence-corrected chi connectivity index (χ0v) is 10.5. The molecule has 1 unspecified atom stereocenters. The summed E-state index contributed by atoms with van der Waals surface area (Å²) in [6.07, 6.45) is 7.56. The summed E-state index contributed by atoms with van der Waals surface area (Å²) in [5, 5.41) is 0. The quantitative estimate of drug-likeness (QED) is 0.538. The molecule has 1 saturated heterocycles. The van der Waals surface area contributed by atoms with E-state index in [1.165, 1.54) is 0 Å². The smallest absolute Gasteiger partial charge is 0.306 e. The molecule has 1 heterocycles. The molecule has 1 aliphatic heterocycles. The zero-order valence-electron chi connectivity index (χ0n) is 10.5. The second-order valence-electron chi connectivity index (χ2n) is 4.58. The van der Waals surface area contributed by atoms with Gasteiger partial charge in [0.25, 0.3) is 0 Å². The fourth-order valence-corrected chi connectivity index (χ4v) is 2.07. The Balaban J connectivity index is 2.78. The number of terminal acetylenes is 1. The highest BCUT2D eigenvalue weighted by Crippen LogP contribution is 2.33. The van der Waals surface area contributed by atoms with Gasteiger partial charge < -0.3 is 9.64 Å². The number of likely N-dealkylation sites (tertiary alicyclic amines) is 1. The molecule has 0 aromatic carbocycles. The molecule has 0 spiro atoms. The van der Waals surface area contributed by atoms with Crippen molar-refractivity contribution in [3.05, 3.63) is 0 Å². The maximum absolute atomic E-state index is 11.5. The van der Waals surface area contributed by atoms with Gasteiger partial charge in [-0.3, -0.25) is 4.79 Å². The molecule has 0 bridgehead atoms. The molecule has 3 heteroatoms. The predicted octanol–water partition coefficient (Wildman–Crippen LogP) is 1.67. The van der Waals surface area contributed by atoms with Crippen LogP contribution in [0.15, 0.2) is 0 Å². The van der Waals surface area contributed by atoms with E-state index in [2.05, 4.69) is 17.9 Å². The number of hydrogen-bond donors (Lipinski definition) is 0. The number of esters is 1. The van der Waals surface area contributed by atoms with Crippen LogP contribution in [-0.2, 0) is 9.53 Å². The Morgan fingerprint density at radius 3 is 2.56 bits per heavy atom. The third-order valence-corrected chi connectivity index (χ3v) is 3.48. The van der Waals surface area contributed by atoms with Crippen LogP contribution >= 0.6 is 0 Å². The van der Waals surface area contributed by atoms with E-state index in [9.17, 15) is 4.79 Å². The molecule has 3 nitrogen and oxygen atoms in total. The second kappa shape index (κ2) is 5.36. The van der Waals surface area contributed by atoms with Gasteiger partial charge in [0.1, 0.15) is 5.60 Å². The molecule has 0 aromatic rings. The predicted molar refractivity (Wildman–Crippen MR) is 63.8 cm³/mol. The SMILES string of the molecule is C#CC(C)C1(OC(=O)CC)CCN(C)CC1. The summed E-state index contributed by atoms with van der Waals surface area (Å²) in [6.45, 7) is 5.64. The fraction of sp³-hybridized carbons (Fsp3) is 0.769.